The number of hydrogen-bond acceptors (Lipinski definition) is 2. The summed E-state index contributed by atoms with van der Waals surface area (Å²) in [5, 5.41) is 3.97. The fourth-order valence-electron chi connectivity index (χ4n) is 3.35. The summed E-state index contributed by atoms with van der Waals surface area (Å²) in [7, 11) is 0. The standard InChI is InChI=1S/C26H34Cl2N2O2/c1-17(2)20-10-7-19(8-11-20)9-14-24(31)30(18(3)25(32)29-26(4,5)6)16-21-12-13-22(27)15-23(21)28/h7-8,10-13,15,17-18H,9,14,16H2,1-6H3,(H,29,32)/t18-/m1/s1. The molecule has 6 heteroatoms. The average Bonchev–Trinajstić information content (AvgIpc) is 2.70. The summed E-state index contributed by atoms with van der Waals surface area (Å²) in [6.45, 7) is 12.0. The SMILES string of the molecule is CC(C)c1ccc(CCC(=O)N(Cc2ccc(Cl)cc2Cl)[C@H](C)C(=O)NC(C)(C)C)cc1. The Bertz CT molecular complexity index is 934. The first-order chi connectivity index (χ1) is 14.9. The first-order valence-electron chi connectivity index (χ1n) is 11.0. The van der Waals surface area contributed by atoms with Gasteiger partial charge < -0.3 is 10.2 Å². The zero-order chi connectivity index (χ0) is 24.1. The summed E-state index contributed by atoms with van der Waals surface area (Å²) in [5.41, 5.74) is 2.72. The van der Waals surface area contributed by atoms with Crippen molar-refractivity contribution < 1.29 is 9.59 Å². The van der Waals surface area contributed by atoms with E-state index in [4.69, 9.17) is 23.2 Å². The molecule has 2 aromatic carbocycles. The highest BCUT2D eigenvalue weighted by molar-refractivity contribution is 6.35. The lowest BCUT2D eigenvalue weighted by atomic mass is 10.00. The third-order valence-electron chi connectivity index (χ3n) is 5.30. The van der Waals surface area contributed by atoms with Crippen LogP contribution in [0.1, 0.15) is 70.6 Å². The number of nitrogens with one attached hydrogen (secondary N) is 1. The average molecular weight is 477 g/mol. The van der Waals surface area contributed by atoms with Crippen molar-refractivity contribution in [3.63, 3.8) is 0 Å². The fourth-order valence-corrected chi connectivity index (χ4v) is 3.82. The van der Waals surface area contributed by atoms with E-state index in [1.807, 2.05) is 20.8 Å². The number of carbonyl (C=O) groups excluding carboxylic acids is 2. The van der Waals surface area contributed by atoms with E-state index in [1.165, 1.54) is 5.56 Å². The summed E-state index contributed by atoms with van der Waals surface area (Å²) < 4.78 is 0. The summed E-state index contributed by atoms with van der Waals surface area (Å²) in [6.07, 6.45) is 0.912. The van der Waals surface area contributed by atoms with Crippen molar-refractivity contribution >= 4 is 35.0 Å². The van der Waals surface area contributed by atoms with Gasteiger partial charge >= 0.3 is 0 Å². The predicted molar refractivity (Wildman–Crippen MR) is 133 cm³/mol. The maximum absolute atomic E-state index is 13.3. The van der Waals surface area contributed by atoms with E-state index >= 15 is 0 Å². The van der Waals surface area contributed by atoms with Gasteiger partial charge in [-0.2, -0.15) is 0 Å². The van der Waals surface area contributed by atoms with Gasteiger partial charge in [-0.25, -0.2) is 0 Å². The molecule has 0 aliphatic heterocycles. The quantitative estimate of drug-likeness (QED) is 0.480. The minimum absolute atomic E-state index is 0.0967. The van der Waals surface area contributed by atoms with E-state index in [-0.39, 0.29) is 18.4 Å². The van der Waals surface area contributed by atoms with Gasteiger partial charge in [0, 0.05) is 28.5 Å². The Labute approximate surface area is 202 Å². The molecule has 0 aliphatic rings. The van der Waals surface area contributed by atoms with Crippen LogP contribution in [-0.2, 0) is 22.6 Å². The molecular formula is C26H34Cl2N2O2. The third kappa shape index (κ3) is 7.83. The van der Waals surface area contributed by atoms with Crippen LogP contribution in [0.4, 0.5) is 0 Å². The molecule has 0 heterocycles. The normalized spacial score (nSPS) is 12.5. The van der Waals surface area contributed by atoms with E-state index < -0.39 is 11.6 Å². The van der Waals surface area contributed by atoms with Crippen LogP contribution in [0.2, 0.25) is 10.0 Å². The van der Waals surface area contributed by atoms with E-state index in [0.29, 0.717) is 28.8 Å². The number of rotatable bonds is 8. The largest absolute Gasteiger partial charge is 0.350 e. The highest BCUT2D eigenvalue weighted by Gasteiger charge is 2.28. The van der Waals surface area contributed by atoms with Crippen molar-refractivity contribution in [1.82, 2.24) is 10.2 Å². The Morgan fingerprint density at radius 2 is 1.62 bits per heavy atom. The van der Waals surface area contributed by atoms with Crippen LogP contribution in [-0.4, -0.2) is 28.3 Å². The molecule has 2 amide bonds. The zero-order valence-corrected chi connectivity index (χ0v) is 21.3. The molecule has 0 spiro atoms. The second-order valence-corrected chi connectivity index (χ2v) is 10.4. The Morgan fingerprint density at radius 1 is 1.00 bits per heavy atom. The lowest BCUT2D eigenvalue weighted by Gasteiger charge is -2.31. The summed E-state index contributed by atoms with van der Waals surface area (Å²) in [4.78, 5) is 27.7. The van der Waals surface area contributed by atoms with Gasteiger partial charge in [0.15, 0.2) is 0 Å². The van der Waals surface area contributed by atoms with Gasteiger partial charge in [-0.15, -0.1) is 0 Å². The Balaban J connectivity index is 2.19. The molecule has 0 saturated carbocycles. The maximum atomic E-state index is 13.3. The minimum atomic E-state index is -0.642. The Hall–Kier alpha value is -2.04. The number of nitrogens with zero attached hydrogens (tertiary/aromatic N) is 1. The van der Waals surface area contributed by atoms with Crippen LogP contribution >= 0.6 is 23.2 Å². The van der Waals surface area contributed by atoms with Crippen LogP contribution in [0.25, 0.3) is 0 Å². The molecule has 0 saturated heterocycles. The second-order valence-electron chi connectivity index (χ2n) is 9.57. The zero-order valence-electron chi connectivity index (χ0n) is 19.8. The van der Waals surface area contributed by atoms with Gasteiger partial charge in [0.05, 0.1) is 0 Å². The molecule has 0 fully saturated rings. The number of hydrogen-bond donors (Lipinski definition) is 1. The molecule has 0 bridgehead atoms. The van der Waals surface area contributed by atoms with Crippen molar-refractivity contribution in [2.75, 3.05) is 0 Å². The van der Waals surface area contributed by atoms with E-state index in [9.17, 15) is 9.59 Å². The summed E-state index contributed by atoms with van der Waals surface area (Å²) >= 11 is 12.4. The molecule has 1 atom stereocenters. The van der Waals surface area contributed by atoms with Crippen molar-refractivity contribution in [1.29, 1.82) is 0 Å². The lowest BCUT2D eigenvalue weighted by molar-refractivity contribution is -0.141. The number of halogens is 2. The number of benzene rings is 2. The van der Waals surface area contributed by atoms with Crippen LogP contribution in [0.15, 0.2) is 42.5 Å². The number of amides is 2. The molecule has 0 aliphatic carbocycles. The third-order valence-corrected chi connectivity index (χ3v) is 5.88. The molecule has 2 aromatic rings. The Morgan fingerprint density at radius 3 is 2.16 bits per heavy atom. The van der Waals surface area contributed by atoms with Gasteiger partial charge in [-0.1, -0.05) is 67.4 Å². The summed E-state index contributed by atoms with van der Waals surface area (Å²) in [5.74, 6) is 0.171. The van der Waals surface area contributed by atoms with Crippen molar-refractivity contribution in [2.24, 2.45) is 0 Å². The second kappa shape index (κ2) is 11.2. The molecule has 4 nitrogen and oxygen atoms in total. The van der Waals surface area contributed by atoms with Crippen molar-refractivity contribution in [3.05, 3.63) is 69.2 Å². The van der Waals surface area contributed by atoms with E-state index in [0.717, 1.165) is 11.1 Å². The van der Waals surface area contributed by atoms with Crippen LogP contribution < -0.4 is 5.32 Å². The van der Waals surface area contributed by atoms with Crippen LogP contribution in [0, 0.1) is 0 Å². The summed E-state index contributed by atoms with van der Waals surface area (Å²) in [6, 6.07) is 12.9. The molecule has 32 heavy (non-hydrogen) atoms. The molecule has 0 unspecified atom stereocenters. The number of aryl methyl sites for hydroxylation is 1. The Kier molecular flexibility index (Phi) is 9.18. The molecular weight excluding hydrogens is 443 g/mol. The number of carbonyl (C=O) groups is 2. The van der Waals surface area contributed by atoms with Gasteiger partial charge in [-0.05, 0) is 68.9 Å². The lowest BCUT2D eigenvalue weighted by Crippen LogP contribution is -2.52. The fraction of sp³-hybridized carbons (Fsp3) is 0.462. The molecule has 2 rings (SSSR count). The molecule has 0 radical (unpaired) electrons. The monoisotopic (exact) mass is 476 g/mol. The van der Waals surface area contributed by atoms with Gasteiger partial charge in [-0.3, -0.25) is 9.59 Å². The first kappa shape index (κ1) is 26.2. The van der Waals surface area contributed by atoms with Gasteiger partial charge in [0.25, 0.3) is 0 Å². The van der Waals surface area contributed by atoms with Gasteiger partial charge in [0.2, 0.25) is 11.8 Å². The molecule has 174 valence electrons. The highest BCUT2D eigenvalue weighted by Crippen LogP contribution is 2.24. The van der Waals surface area contributed by atoms with E-state index in [2.05, 4.69) is 43.4 Å². The smallest absolute Gasteiger partial charge is 0.242 e. The first-order valence-corrected chi connectivity index (χ1v) is 11.8. The van der Waals surface area contributed by atoms with Crippen molar-refractivity contribution in [2.45, 2.75) is 78.4 Å². The van der Waals surface area contributed by atoms with Crippen molar-refractivity contribution in [3.8, 4) is 0 Å². The topological polar surface area (TPSA) is 49.4 Å². The van der Waals surface area contributed by atoms with Crippen LogP contribution in [0.5, 0.6) is 0 Å². The van der Waals surface area contributed by atoms with Gasteiger partial charge in [0.1, 0.15) is 6.04 Å². The molecule has 1 N–H and O–H groups in total. The van der Waals surface area contributed by atoms with E-state index in [1.54, 1.807) is 30.0 Å². The predicted octanol–water partition coefficient (Wildman–Crippen LogP) is 6.38. The highest BCUT2D eigenvalue weighted by atomic mass is 35.5. The molecule has 0 aromatic heterocycles. The minimum Gasteiger partial charge on any atom is -0.350 e. The van der Waals surface area contributed by atoms with Crippen LogP contribution in [0.3, 0.4) is 0 Å². The maximum Gasteiger partial charge on any atom is 0.242 e.